The zero-order valence-electron chi connectivity index (χ0n) is 39.4. The van der Waals surface area contributed by atoms with E-state index in [0.29, 0.717) is 23.9 Å². The highest BCUT2D eigenvalue weighted by atomic mass is 31.2. The number of likely N-dealkylation sites (N-methyl/N-ethyl adjacent to an activating group) is 1. The van der Waals surface area contributed by atoms with Crippen molar-refractivity contribution in [2.45, 2.75) is 213 Å². The van der Waals surface area contributed by atoms with Crippen molar-refractivity contribution in [3.05, 3.63) is 48.6 Å². The summed E-state index contributed by atoms with van der Waals surface area (Å²) in [6.07, 6.45) is 50.2. The van der Waals surface area contributed by atoms with E-state index in [1.54, 1.807) is 0 Å². The number of ether oxygens (including phenoxy) is 2. The third kappa shape index (κ3) is 45.5. The van der Waals surface area contributed by atoms with Gasteiger partial charge in [0.05, 0.1) is 27.7 Å². The molecule has 0 fully saturated rings. The molecular weight excluding hydrogens is 774 g/mol. The van der Waals surface area contributed by atoms with Gasteiger partial charge in [-0.05, 0) is 51.4 Å². The van der Waals surface area contributed by atoms with Crippen molar-refractivity contribution in [2.24, 2.45) is 0 Å². The number of allylic oxidation sites excluding steroid dienone is 8. The molecule has 0 saturated carbocycles. The smallest absolute Gasteiger partial charge is 0.462 e. The summed E-state index contributed by atoms with van der Waals surface area (Å²) in [6.45, 7) is 4.31. The molecule has 10 heteroatoms. The van der Waals surface area contributed by atoms with Crippen LogP contribution >= 0.6 is 7.82 Å². The molecule has 2 atom stereocenters. The molecule has 60 heavy (non-hydrogen) atoms. The molecule has 0 saturated heterocycles. The largest absolute Gasteiger partial charge is 0.472 e. The lowest BCUT2D eigenvalue weighted by molar-refractivity contribution is -0.870. The lowest BCUT2D eigenvalue weighted by atomic mass is 10.0. The third-order valence-electron chi connectivity index (χ3n) is 10.4. The molecule has 0 bridgehead atoms. The van der Waals surface area contributed by atoms with Crippen molar-refractivity contribution in [1.29, 1.82) is 0 Å². The van der Waals surface area contributed by atoms with Crippen LogP contribution in [0.3, 0.4) is 0 Å². The van der Waals surface area contributed by atoms with E-state index < -0.39 is 26.5 Å². The summed E-state index contributed by atoms with van der Waals surface area (Å²) < 4.78 is 34.4. The monoisotopic (exact) mass is 867 g/mol. The van der Waals surface area contributed by atoms with Crippen LogP contribution in [0.25, 0.3) is 0 Å². The summed E-state index contributed by atoms with van der Waals surface area (Å²) in [7, 11) is 1.48. The summed E-state index contributed by atoms with van der Waals surface area (Å²) in [4.78, 5) is 35.4. The molecule has 0 aromatic heterocycles. The fourth-order valence-corrected chi connectivity index (χ4v) is 7.34. The molecule has 0 heterocycles. The quantitative estimate of drug-likeness (QED) is 0.0212. The van der Waals surface area contributed by atoms with Gasteiger partial charge >= 0.3 is 19.8 Å². The standard InChI is InChI=1S/C50H92NO8P/c1-6-8-10-12-14-16-18-19-20-21-22-23-24-25-26-27-28-29-30-31-33-35-37-39-41-43-50(53)59-48(47-58-60(54,55)57-45-44-51(3,4)5)46-56-49(52)42-40-38-36-34-32-17-15-13-11-9-7-2/h8,10,14,16,19-20,22-23,48H,6-7,9,11-13,15,17-18,21,24-47H2,1-5H3/p+1/b10-8-,16-14-,20-19-,23-22-. The number of rotatable bonds is 44. The molecule has 1 N–H and O–H groups in total. The molecule has 2 unspecified atom stereocenters. The number of hydrogen-bond acceptors (Lipinski definition) is 7. The lowest BCUT2D eigenvalue weighted by Crippen LogP contribution is -2.37. The number of hydrogen-bond donors (Lipinski definition) is 1. The van der Waals surface area contributed by atoms with Gasteiger partial charge in [0, 0.05) is 12.8 Å². The Morgan fingerprint density at radius 3 is 1.42 bits per heavy atom. The second-order valence-corrected chi connectivity index (χ2v) is 18.9. The van der Waals surface area contributed by atoms with Gasteiger partial charge in [0.2, 0.25) is 0 Å². The van der Waals surface area contributed by atoms with E-state index in [0.717, 1.165) is 64.2 Å². The molecule has 350 valence electrons. The van der Waals surface area contributed by atoms with Crippen LogP contribution in [-0.2, 0) is 32.7 Å². The molecule has 0 aromatic carbocycles. The SMILES string of the molecule is CC/C=C\C/C=C\C/C=C\C/C=C\CCCCCCCCCCCCCCC(=O)OC(COC(=O)CCCCCCCCCCCCC)COP(=O)(O)OCC[N+](C)(C)C. The van der Waals surface area contributed by atoms with Gasteiger partial charge in [0.25, 0.3) is 0 Å². The second-order valence-electron chi connectivity index (χ2n) is 17.5. The van der Waals surface area contributed by atoms with Gasteiger partial charge in [-0.3, -0.25) is 18.6 Å². The molecule has 0 radical (unpaired) electrons. The Morgan fingerprint density at radius 1 is 0.533 bits per heavy atom. The van der Waals surface area contributed by atoms with Crippen molar-refractivity contribution in [1.82, 2.24) is 0 Å². The van der Waals surface area contributed by atoms with E-state index in [9.17, 15) is 19.0 Å². The molecule has 0 aliphatic carbocycles. The Morgan fingerprint density at radius 2 is 0.950 bits per heavy atom. The predicted molar refractivity (Wildman–Crippen MR) is 252 cm³/mol. The van der Waals surface area contributed by atoms with Crippen molar-refractivity contribution in [2.75, 3.05) is 47.5 Å². The zero-order chi connectivity index (χ0) is 44.3. The fraction of sp³-hybridized carbons (Fsp3) is 0.800. The Hall–Kier alpha value is -2.03. The van der Waals surface area contributed by atoms with Crippen LogP contribution in [0.5, 0.6) is 0 Å². The van der Waals surface area contributed by atoms with Crippen LogP contribution in [0.15, 0.2) is 48.6 Å². The maximum Gasteiger partial charge on any atom is 0.472 e. The summed E-state index contributed by atoms with van der Waals surface area (Å²) >= 11 is 0. The highest BCUT2D eigenvalue weighted by Crippen LogP contribution is 2.43. The normalized spacial score (nSPS) is 13.9. The van der Waals surface area contributed by atoms with E-state index in [2.05, 4.69) is 62.5 Å². The van der Waals surface area contributed by atoms with Crippen LogP contribution in [0.4, 0.5) is 0 Å². The summed E-state index contributed by atoms with van der Waals surface area (Å²) in [5, 5.41) is 0. The molecule has 0 aliphatic heterocycles. The molecule has 0 aromatic rings. The van der Waals surface area contributed by atoms with Crippen LogP contribution < -0.4 is 0 Å². The Labute approximate surface area is 369 Å². The number of unbranched alkanes of at least 4 members (excludes halogenated alkanes) is 22. The average Bonchev–Trinajstić information content (AvgIpc) is 3.20. The first-order valence-electron chi connectivity index (χ1n) is 24.4. The maximum atomic E-state index is 12.7. The van der Waals surface area contributed by atoms with Crippen LogP contribution in [0.1, 0.15) is 206 Å². The van der Waals surface area contributed by atoms with Crippen LogP contribution in [-0.4, -0.2) is 74.9 Å². The molecule has 0 rings (SSSR count). The van der Waals surface area contributed by atoms with Gasteiger partial charge < -0.3 is 18.9 Å². The minimum atomic E-state index is -4.37. The van der Waals surface area contributed by atoms with Gasteiger partial charge in [-0.25, -0.2) is 4.57 Å². The minimum Gasteiger partial charge on any atom is -0.462 e. The number of carbonyl (C=O) groups is 2. The van der Waals surface area contributed by atoms with Gasteiger partial charge in [-0.2, -0.15) is 0 Å². The summed E-state index contributed by atoms with van der Waals surface area (Å²) in [6, 6.07) is 0. The Kier molecular flexibility index (Phi) is 40.8. The number of phosphoric acid groups is 1. The van der Waals surface area contributed by atoms with E-state index in [-0.39, 0.29) is 25.6 Å². The van der Waals surface area contributed by atoms with Crippen molar-refractivity contribution in [3.63, 3.8) is 0 Å². The fourth-order valence-electron chi connectivity index (χ4n) is 6.59. The molecular formula is C50H93NO8P+. The number of carbonyl (C=O) groups excluding carboxylic acids is 2. The highest BCUT2D eigenvalue weighted by molar-refractivity contribution is 7.47. The topological polar surface area (TPSA) is 108 Å². The van der Waals surface area contributed by atoms with Gasteiger partial charge in [-0.15, -0.1) is 0 Å². The van der Waals surface area contributed by atoms with Crippen molar-refractivity contribution >= 4 is 19.8 Å². The number of nitrogens with zero attached hydrogens (tertiary/aromatic N) is 1. The Bertz CT molecular complexity index is 1160. The first kappa shape index (κ1) is 58.0. The third-order valence-corrected chi connectivity index (χ3v) is 11.4. The first-order chi connectivity index (χ1) is 29.0. The lowest BCUT2D eigenvalue weighted by Gasteiger charge is -2.24. The van der Waals surface area contributed by atoms with Crippen LogP contribution in [0.2, 0.25) is 0 Å². The van der Waals surface area contributed by atoms with Crippen molar-refractivity contribution < 1.29 is 42.1 Å². The molecule has 9 nitrogen and oxygen atoms in total. The average molecular weight is 867 g/mol. The van der Waals surface area contributed by atoms with Crippen LogP contribution in [0, 0.1) is 0 Å². The van der Waals surface area contributed by atoms with E-state index in [1.807, 2.05) is 21.1 Å². The molecule has 0 spiro atoms. The maximum absolute atomic E-state index is 12.7. The second kappa shape index (κ2) is 42.3. The van der Waals surface area contributed by atoms with Gasteiger partial charge in [-0.1, -0.05) is 191 Å². The highest BCUT2D eigenvalue weighted by Gasteiger charge is 2.27. The number of phosphoric ester groups is 1. The van der Waals surface area contributed by atoms with Gasteiger partial charge in [0.15, 0.2) is 6.10 Å². The van der Waals surface area contributed by atoms with E-state index in [4.69, 9.17) is 18.5 Å². The first-order valence-corrected chi connectivity index (χ1v) is 25.9. The molecule has 0 aliphatic rings. The van der Waals surface area contributed by atoms with Crippen molar-refractivity contribution in [3.8, 4) is 0 Å². The number of quaternary nitrogens is 1. The van der Waals surface area contributed by atoms with Gasteiger partial charge in [0.1, 0.15) is 19.8 Å². The minimum absolute atomic E-state index is 0.0316. The number of esters is 2. The zero-order valence-corrected chi connectivity index (χ0v) is 40.3. The molecule has 0 amide bonds. The Balaban J connectivity index is 4.18. The summed E-state index contributed by atoms with van der Waals surface area (Å²) in [5.41, 5.74) is 0. The summed E-state index contributed by atoms with van der Waals surface area (Å²) in [5.74, 6) is -0.797. The van der Waals surface area contributed by atoms with E-state index >= 15 is 0 Å². The van der Waals surface area contributed by atoms with E-state index in [1.165, 1.54) is 109 Å². The predicted octanol–water partition coefficient (Wildman–Crippen LogP) is 14.2.